The van der Waals surface area contributed by atoms with Crippen LogP contribution in [0, 0.1) is 0 Å². The molecule has 1 atom stereocenters. The van der Waals surface area contributed by atoms with Crippen LogP contribution in [0.15, 0.2) is 78.1 Å². The molecule has 3 rings (SSSR count). The smallest absolute Gasteiger partial charge is 0.312 e. The van der Waals surface area contributed by atoms with Crippen molar-refractivity contribution in [2.24, 2.45) is 0 Å². The molecule has 0 aromatic heterocycles. The number of carbonyl (C=O) groups is 2. The summed E-state index contributed by atoms with van der Waals surface area (Å²) in [7, 11) is -0.802. The summed E-state index contributed by atoms with van der Waals surface area (Å²) in [5, 5.41) is 6.38. The number of para-hydroxylation sites is 1. The minimum Gasteiger partial charge on any atom is -0.426 e. The molecule has 0 bridgehead atoms. The topological polar surface area (TPSA) is 55.4 Å². The van der Waals surface area contributed by atoms with E-state index in [1.165, 1.54) is 10.6 Å². The van der Waals surface area contributed by atoms with Crippen molar-refractivity contribution in [2.75, 3.05) is 6.54 Å². The van der Waals surface area contributed by atoms with Crippen LogP contribution in [0.25, 0.3) is 0 Å². The summed E-state index contributed by atoms with van der Waals surface area (Å²) in [6.07, 6.45) is 8.60. The SMILES string of the molecule is CC(C)(Br)C(=O)NCCC(=O)Oc1ccccc1P(C1=CC=CCC1)c1ccccc1. The molecule has 1 amide bonds. The first kappa shape index (κ1) is 23.4. The van der Waals surface area contributed by atoms with Crippen molar-refractivity contribution in [3.8, 4) is 5.75 Å². The molecule has 1 N–H and O–H groups in total. The quantitative estimate of drug-likeness (QED) is 0.242. The summed E-state index contributed by atoms with van der Waals surface area (Å²) >= 11 is 3.31. The molecule has 0 fully saturated rings. The lowest BCUT2D eigenvalue weighted by atomic mass is 10.2. The highest BCUT2D eigenvalue weighted by Gasteiger charge is 2.25. The number of benzene rings is 2. The fraction of sp³-hybridized carbons (Fsp3) is 0.280. The number of amides is 1. The molecule has 1 aliphatic carbocycles. The maximum absolute atomic E-state index is 12.5. The number of rotatable bonds is 8. The van der Waals surface area contributed by atoms with Gasteiger partial charge in [-0.15, -0.1) is 0 Å². The number of esters is 1. The van der Waals surface area contributed by atoms with E-state index >= 15 is 0 Å². The summed E-state index contributed by atoms with van der Waals surface area (Å²) in [5.74, 6) is 0.0660. The summed E-state index contributed by atoms with van der Waals surface area (Å²) in [6.45, 7) is 3.76. The van der Waals surface area contributed by atoms with Gasteiger partial charge in [-0.1, -0.05) is 82.7 Å². The Morgan fingerprint density at radius 2 is 1.81 bits per heavy atom. The van der Waals surface area contributed by atoms with Crippen molar-refractivity contribution in [1.82, 2.24) is 5.32 Å². The molecule has 2 aromatic carbocycles. The fourth-order valence-corrected chi connectivity index (χ4v) is 5.90. The Kier molecular flexibility index (Phi) is 8.22. The van der Waals surface area contributed by atoms with E-state index in [1.54, 1.807) is 13.8 Å². The van der Waals surface area contributed by atoms with Gasteiger partial charge in [0.15, 0.2) is 0 Å². The highest BCUT2D eigenvalue weighted by atomic mass is 79.9. The number of ether oxygens (including phenoxy) is 1. The van der Waals surface area contributed by atoms with Crippen LogP contribution in [-0.4, -0.2) is 22.7 Å². The first-order valence-electron chi connectivity index (χ1n) is 10.3. The molecular formula is C25H27BrNO3P. The molecule has 0 heterocycles. The average Bonchev–Trinajstić information content (AvgIpc) is 2.76. The van der Waals surface area contributed by atoms with Crippen molar-refractivity contribution in [1.29, 1.82) is 0 Å². The Bertz CT molecular complexity index is 980. The lowest BCUT2D eigenvalue weighted by Gasteiger charge is -2.25. The second-order valence-electron chi connectivity index (χ2n) is 7.72. The zero-order valence-electron chi connectivity index (χ0n) is 17.8. The number of nitrogens with one attached hydrogen (secondary N) is 1. The van der Waals surface area contributed by atoms with Crippen molar-refractivity contribution in [3.63, 3.8) is 0 Å². The number of carbonyl (C=O) groups excluding carboxylic acids is 2. The van der Waals surface area contributed by atoms with Gasteiger partial charge < -0.3 is 10.1 Å². The first-order chi connectivity index (χ1) is 14.9. The van der Waals surface area contributed by atoms with Gasteiger partial charge in [0, 0.05) is 11.8 Å². The first-order valence-corrected chi connectivity index (χ1v) is 12.5. The molecule has 0 aliphatic heterocycles. The second-order valence-corrected chi connectivity index (χ2v) is 11.9. The minimum absolute atomic E-state index is 0.109. The van der Waals surface area contributed by atoms with Gasteiger partial charge in [0.1, 0.15) is 5.75 Å². The standard InChI is InChI=1S/C25H27BrNO3P/c1-25(2,26)24(29)27-18-17-23(28)30-21-15-9-10-16-22(21)31(19-11-5-3-6-12-19)20-13-7-4-8-14-20/h3-7,9-13,15-16H,8,14,17-18H2,1-2H3,(H,27,29). The third-order valence-electron chi connectivity index (χ3n) is 4.78. The van der Waals surface area contributed by atoms with Gasteiger partial charge in [-0.2, -0.15) is 0 Å². The third-order valence-corrected chi connectivity index (χ3v) is 7.75. The van der Waals surface area contributed by atoms with E-state index < -0.39 is 12.2 Å². The van der Waals surface area contributed by atoms with E-state index in [2.05, 4.69) is 57.7 Å². The van der Waals surface area contributed by atoms with Gasteiger partial charge in [-0.05, 0) is 51.3 Å². The van der Waals surface area contributed by atoms with Gasteiger partial charge >= 0.3 is 5.97 Å². The van der Waals surface area contributed by atoms with Gasteiger partial charge in [-0.25, -0.2) is 0 Å². The number of hydrogen-bond donors (Lipinski definition) is 1. The Morgan fingerprint density at radius 1 is 1.10 bits per heavy atom. The van der Waals surface area contributed by atoms with Crippen LogP contribution in [0.4, 0.5) is 0 Å². The molecule has 0 saturated carbocycles. The van der Waals surface area contributed by atoms with E-state index in [4.69, 9.17) is 4.74 Å². The normalized spacial score (nSPS) is 14.5. The molecule has 162 valence electrons. The number of hydrogen-bond acceptors (Lipinski definition) is 3. The molecular weight excluding hydrogens is 473 g/mol. The highest BCUT2D eigenvalue weighted by Crippen LogP contribution is 2.48. The van der Waals surface area contributed by atoms with E-state index in [-0.39, 0.29) is 24.8 Å². The molecule has 2 aromatic rings. The third kappa shape index (κ3) is 6.62. The Hall–Kier alpha value is -2.23. The maximum atomic E-state index is 12.5. The summed E-state index contributed by atoms with van der Waals surface area (Å²) in [4.78, 5) is 24.5. The minimum atomic E-state index is -0.802. The second kappa shape index (κ2) is 10.9. The predicted octanol–water partition coefficient (Wildman–Crippen LogP) is 4.94. The van der Waals surface area contributed by atoms with Crippen LogP contribution in [0.2, 0.25) is 0 Å². The van der Waals surface area contributed by atoms with E-state index in [1.807, 2.05) is 36.4 Å². The monoisotopic (exact) mass is 499 g/mol. The molecule has 0 spiro atoms. The lowest BCUT2D eigenvalue weighted by molar-refractivity contribution is -0.134. The van der Waals surface area contributed by atoms with Crippen LogP contribution in [-0.2, 0) is 9.59 Å². The highest BCUT2D eigenvalue weighted by molar-refractivity contribution is 9.10. The molecule has 0 saturated heterocycles. The molecule has 1 unspecified atom stereocenters. The average molecular weight is 500 g/mol. The van der Waals surface area contributed by atoms with Crippen molar-refractivity contribution in [3.05, 3.63) is 78.1 Å². The van der Waals surface area contributed by atoms with E-state index in [0.29, 0.717) is 5.75 Å². The molecule has 6 heteroatoms. The fourth-order valence-electron chi connectivity index (χ4n) is 3.20. The number of alkyl halides is 1. The molecule has 4 nitrogen and oxygen atoms in total. The van der Waals surface area contributed by atoms with Crippen LogP contribution in [0.5, 0.6) is 5.75 Å². The predicted molar refractivity (Wildman–Crippen MR) is 132 cm³/mol. The molecule has 1 aliphatic rings. The molecule has 31 heavy (non-hydrogen) atoms. The Morgan fingerprint density at radius 3 is 2.48 bits per heavy atom. The van der Waals surface area contributed by atoms with Crippen molar-refractivity contribution >= 4 is 46.3 Å². The van der Waals surface area contributed by atoms with Crippen LogP contribution >= 0.6 is 23.9 Å². The van der Waals surface area contributed by atoms with Crippen molar-refractivity contribution in [2.45, 2.75) is 37.4 Å². The Labute approximate surface area is 193 Å². The van der Waals surface area contributed by atoms with Crippen LogP contribution in [0.1, 0.15) is 33.1 Å². The van der Waals surface area contributed by atoms with Gasteiger partial charge in [0.25, 0.3) is 0 Å². The lowest BCUT2D eigenvalue weighted by Crippen LogP contribution is -2.38. The number of allylic oxidation sites excluding steroid dienone is 4. The number of halogens is 1. The summed E-state index contributed by atoms with van der Waals surface area (Å²) < 4.78 is 5.11. The maximum Gasteiger partial charge on any atom is 0.312 e. The summed E-state index contributed by atoms with van der Waals surface area (Å²) in [6, 6.07) is 18.2. The largest absolute Gasteiger partial charge is 0.426 e. The Balaban J connectivity index is 1.79. The zero-order valence-corrected chi connectivity index (χ0v) is 20.3. The van der Waals surface area contributed by atoms with Gasteiger partial charge in [0.05, 0.1) is 10.7 Å². The van der Waals surface area contributed by atoms with E-state index in [9.17, 15) is 9.59 Å². The van der Waals surface area contributed by atoms with E-state index in [0.717, 1.165) is 18.1 Å². The molecule has 0 radical (unpaired) electrons. The zero-order chi connectivity index (χ0) is 22.3. The summed E-state index contributed by atoms with van der Waals surface area (Å²) in [5.41, 5.74) is 0. The van der Waals surface area contributed by atoms with Crippen molar-refractivity contribution < 1.29 is 14.3 Å². The van der Waals surface area contributed by atoms with Gasteiger partial charge in [0.2, 0.25) is 5.91 Å². The van der Waals surface area contributed by atoms with Crippen LogP contribution in [0.3, 0.4) is 0 Å². The van der Waals surface area contributed by atoms with Gasteiger partial charge in [-0.3, -0.25) is 9.59 Å². The van der Waals surface area contributed by atoms with Crippen LogP contribution < -0.4 is 20.7 Å².